The third-order valence-corrected chi connectivity index (χ3v) is 6.05. The molecule has 3 unspecified atom stereocenters. The van der Waals surface area contributed by atoms with Crippen LogP contribution < -0.4 is 11.2 Å². The Bertz CT molecular complexity index is 1340. The summed E-state index contributed by atoms with van der Waals surface area (Å²) in [7, 11) is 0. The van der Waals surface area contributed by atoms with Crippen molar-refractivity contribution in [1.29, 1.82) is 0 Å². The first kappa shape index (κ1) is 25.7. The van der Waals surface area contributed by atoms with E-state index < -0.39 is 42.4 Å². The van der Waals surface area contributed by atoms with Gasteiger partial charge in [0.25, 0.3) is 5.56 Å². The molecule has 188 valence electrons. The van der Waals surface area contributed by atoms with Gasteiger partial charge in [-0.1, -0.05) is 64.5 Å². The van der Waals surface area contributed by atoms with E-state index in [9.17, 15) is 19.2 Å². The average Bonchev–Trinajstić information content (AvgIpc) is 3.30. The number of hydrogen-bond acceptors (Lipinski definition) is 7. The summed E-state index contributed by atoms with van der Waals surface area (Å²) in [5.41, 5.74) is -0.222. The molecule has 1 aliphatic heterocycles. The molecule has 0 N–H and O–H groups in total. The Morgan fingerprint density at radius 2 is 1.67 bits per heavy atom. The molecule has 3 atom stereocenters. The predicted molar refractivity (Wildman–Crippen MR) is 134 cm³/mol. The SMILES string of the molecule is Cc1cn(C2CC(OC(=O)c3ccccc3)C(OCCBr)O2)c(=O)n(CC(=O)c2ccccc2)c1=O. The van der Waals surface area contributed by atoms with Crippen molar-refractivity contribution in [2.45, 2.75) is 38.5 Å². The number of nitrogens with zero attached hydrogens (tertiary/aromatic N) is 2. The van der Waals surface area contributed by atoms with E-state index in [2.05, 4.69) is 15.9 Å². The molecular weight excluding hydrogens is 532 g/mol. The van der Waals surface area contributed by atoms with Gasteiger partial charge in [-0.05, 0) is 19.1 Å². The molecule has 0 aliphatic carbocycles. The maximum atomic E-state index is 13.3. The maximum Gasteiger partial charge on any atom is 0.338 e. The van der Waals surface area contributed by atoms with Gasteiger partial charge in [-0.2, -0.15) is 0 Å². The second-order valence-electron chi connectivity index (χ2n) is 8.25. The number of benzene rings is 2. The van der Waals surface area contributed by atoms with Crippen LogP contribution in [0.1, 0.15) is 38.9 Å². The van der Waals surface area contributed by atoms with Gasteiger partial charge in [-0.15, -0.1) is 0 Å². The summed E-state index contributed by atoms with van der Waals surface area (Å²) in [6, 6.07) is 17.0. The lowest BCUT2D eigenvalue weighted by Gasteiger charge is -2.19. The van der Waals surface area contributed by atoms with Crippen molar-refractivity contribution in [3.63, 3.8) is 0 Å². The summed E-state index contributed by atoms with van der Waals surface area (Å²) in [6.45, 7) is 1.43. The smallest absolute Gasteiger partial charge is 0.338 e. The molecule has 9 nitrogen and oxygen atoms in total. The fraction of sp³-hybridized carbons (Fsp3) is 0.308. The highest BCUT2D eigenvalue weighted by molar-refractivity contribution is 9.09. The Kier molecular flexibility index (Phi) is 8.29. The molecule has 1 aromatic heterocycles. The van der Waals surface area contributed by atoms with Gasteiger partial charge in [-0.25, -0.2) is 9.59 Å². The molecule has 0 amide bonds. The molecule has 2 aromatic carbocycles. The van der Waals surface area contributed by atoms with Gasteiger partial charge in [-0.3, -0.25) is 18.7 Å². The second kappa shape index (κ2) is 11.6. The third kappa shape index (κ3) is 5.72. The maximum absolute atomic E-state index is 13.3. The minimum Gasteiger partial charge on any atom is -0.453 e. The molecule has 1 saturated heterocycles. The van der Waals surface area contributed by atoms with Crippen LogP contribution in [0.4, 0.5) is 0 Å². The summed E-state index contributed by atoms with van der Waals surface area (Å²) < 4.78 is 19.5. The van der Waals surface area contributed by atoms with E-state index >= 15 is 0 Å². The minimum absolute atomic E-state index is 0.121. The molecule has 3 aromatic rings. The van der Waals surface area contributed by atoms with Crippen molar-refractivity contribution in [1.82, 2.24) is 9.13 Å². The van der Waals surface area contributed by atoms with E-state index in [0.29, 0.717) is 16.5 Å². The van der Waals surface area contributed by atoms with Gasteiger partial charge in [0.1, 0.15) is 6.23 Å². The van der Waals surface area contributed by atoms with Crippen LogP contribution in [0.5, 0.6) is 0 Å². The number of ether oxygens (including phenoxy) is 3. The number of halogens is 1. The Morgan fingerprint density at radius 3 is 2.31 bits per heavy atom. The van der Waals surface area contributed by atoms with Crippen LogP contribution in [-0.2, 0) is 20.8 Å². The van der Waals surface area contributed by atoms with Crippen molar-refractivity contribution >= 4 is 27.7 Å². The molecule has 0 radical (unpaired) electrons. The summed E-state index contributed by atoms with van der Waals surface area (Å²) in [5.74, 6) is -0.910. The van der Waals surface area contributed by atoms with E-state index in [1.165, 1.54) is 10.8 Å². The molecule has 0 spiro atoms. The fourth-order valence-corrected chi connectivity index (χ4v) is 4.13. The molecular formula is C26H25BrN2O7. The fourth-order valence-electron chi connectivity index (χ4n) is 3.94. The minimum atomic E-state index is -0.918. The molecule has 2 heterocycles. The van der Waals surface area contributed by atoms with Crippen LogP contribution in [0.2, 0.25) is 0 Å². The van der Waals surface area contributed by atoms with Crippen molar-refractivity contribution in [2.24, 2.45) is 0 Å². The summed E-state index contributed by atoms with van der Waals surface area (Å²) in [6.07, 6.45) is -1.07. The van der Waals surface area contributed by atoms with Crippen LogP contribution in [0.15, 0.2) is 76.4 Å². The molecule has 0 saturated carbocycles. The van der Waals surface area contributed by atoms with Crippen molar-refractivity contribution in [3.05, 3.63) is 104 Å². The van der Waals surface area contributed by atoms with Gasteiger partial charge < -0.3 is 14.2 Å². The van der Waals surface area contributed by atoms with Crippen LogP contribution >= 0.6 is 15.9 Å². The number of aromatic nitrogens is 2. The normalized spacial score (nSPS) is 19.2. The number of ketones is 1. The number of esters is 1. The second-order valence-corrected chi connectivity index (χ2v) is 9.04. The first-order valence-electron chi connectivity index (χ1n) is 11.4. The van der Waals surface area contributed by atoms with Gasteiger partial charge in [0.15, 0.2) is 18.2 Å². The highest BCUT2D eigenvalue weighted by Gasteiger charge is 2.40. The number of carbonyl (C=O) groups excluding carboxylic acids is 2. The summed E-state index contributed by atoms with van der Waals surface area (Å²) >= 11 is 3.29. The highest BCUT2D eigenvalue weighted by Crippen LogP contribution is 2.31. The largest absolute Gasteiger partial charge is 0.453 e. The molecule has 10 heteroatoms. The topological polar surface area (TPSA) is 106 Å². The van der Waals surface area contributed by atoms with Crippen molar-refractivity contribution < 1.29 is 23.8 Å². The lowest BCUT2D eigenvalue weighted by atomic mass is 10.1. The van der Waals surface area contributed by atoms with Gasteiger partial charge >= 0.3 is 11.7 Å². The number of rotatable bonds is 9. The van der Waals surface area contributed by atoms with Crippen LogP contribution in [0, 0.1) is 6.92 Å². The molecule has 4 rings (SSSR count). The first-order chi connectivity index (χ1) is 17.4. The van der Waals surface area contributed by atoms with Crippen LogP contribution in [0.3, 0.4) is 0 Å². The quantitative estimate of drug-likeness (QED) is 0.226. The van der Waals surface area contributed by atoms with Gasteiger partial charge in [0.2, 0.25) is 0 Å². The highest BCUT2D eigenvalue weighted by atomic mass is 79.9. The molecule has 0 bridgehead atoms. The monoisotopic (exact) mass is 556 g/mol. The number of carbonyl (C=O) groups is 2. The number of alkyl halides is 1. The van der Waals surface area contributed by atoms with Crippen molar-refractivity contribution in [2.75, 3.05) is 11.9 Å². The van der Waals surface area contributed by atoms with Gasteiger partial charge in [0, 0.05) is 29.1 Å². The molecule has 36 heavy (non-hydrogen) atoms. The van der Waals surface area contributed by atoms with E-state index in [1.807, 2.05) is 0 Å². The lowest BCUT2D eigenvalue weighted by Crippen LogP contribution is -2.43. The van der Waals surface area contributed by atoms with E-state index in [4.69, 9.17) is 14.2 Å². The van der Waals surface area contributed by atoms with E-state index in [1.54, 1.807) is 67.6 Å². The first-order valence-corrected chi connectivity index (χ1v) is 12.5. The number of aryl methyl sites for hydroxylation is 1. The zero-order chi connectivity index (χ0) is 25.7. The summed E-state index contributed by atoms with van der Waals surface area (Å²) in [5, 5.41) is 0.530. The number of Topliss-reactive ketones (excluding diaryl/α,β-unsaturated/α-hetero) is 1. The van der Waals surface area contributed by atoms with Crippen LogP contribution in [0.25, 0.3) is 0 Å². The summed E-state index contributed by atoms with van der Waals surface area (Å²) in [4.78, 5) is 51.4. The molecule has 1 fully saturated rings. The Morgan fingerprint density at radius 1 is 1.03 bits per heavy atom. The van der Waals surface area contributed by atoms with E-state index in [0.717, 1.165) is 4.57 Å². The zero-order valence-electron chi connectivity index (χ0n) is 19.5. The average molecular weight is 557 g/mol. The zero-order valence-corrected chi connectivity index (χ0v) is 21.1. The van der Waals surface area contributed by atoms with Crippen LogP contribution in [-0.4, -0.2) is 45.2 Å². The Balaban J connectivity index is 1.60. The predicted octanol–water partition coefficient (Wildman–Crippen LogP) is 3.08. The van der Waals surface area contributed by atoms with Gasteiger partial charge in [0.05, 0.1) is 18.7 Å². The third-order valence-electron chi connectivity index (χ3n) is 5.73. The van der Waals surface area contributed by atoms with E-state index in [-0.39, 0.29) is 24.4 Å². The van der Waals surface area contributed by atoms with Crippen molar-refractivity contribution in [3.8, 4) is 0 Å². The lowest BCUT2D eigenvalue weighted by molar-refractivity contribution is -0.174. The number of hydrogen-bond donors (Lipinski definition) is 0. The Labute approximate surface area is 215 Å². The standard InChI is InChI=1S/C26H25BrN2O7/c1-17-15-28(26(33)29(23(17)31)16-20(30)18-8-4-2-5-9-18)22-14-21(25(36-22)34-13-12-27)35-24(32)19-10-6-3-7-11-19/h2-11,15,21-22,25H,12-14,16H2,1H3. The Hall–Kier alpha value is -3.34. The molecule has 1 aliphatic rings.